The molecular formula is C16H24N2O2. The van der Waals surface area contributed by atoms with Crippen molar-refractivity contribution in [1.29, 1.82) is 0 Å². The minimum absolute atomic E-state index is 0.0728. The van der Waals surface area contributed by atoms with Crippen LogP contribution in [0.3, 0.4) is 0 Å². The molecule has 1 unspecified atom stereocenters. The summed E-state index contributed by atoms with van der Waals surface area (Å²) in [6, 6.07) is 9.78. The number of nitrogens with two attached hydrogens (primary N) is 1. The van der Waals surface area contributed by atoms with Crippen molar-refractivity contribution in [2.75, 3.05) is 19.6 Å². The van der Waals surface area contributed by atoms with Gasteiger partial charge in [-0.05, 0) is 38.8 Å². The molecule has 0 radical (unpaired) electrons. The molecule has 1 aliphatic rings. The molecule has 0 saturated carbocycles. The molecule has 1 aromatic carbocycles. The number of likely N-dealkylation sites (tertiary alicyclic amines) is 1. The van der Waals surface area contributed by atoms with E-state index in [1.54, 1.807) is 0 Å². The van der Waals surface area contributed by atoms with E-state index in [2.05, 4.69) is 0 Å². The monoisotopic (exact) mass is 276 g/mol. The third-order valence-electron chi connectivity index (χ3n) is 3.80. The second-order valence-corrected chi connectivity index (χ2v) is 6.03. The molecule has 4 heteroatoms. The van der Waals surface area contributed by atoms with E-state index in [4.69, 9.17) is 10.5 Å². The van der Waals surface area contributed by atoms with Crippen LogP contribution in [0.25, 0.3) is 0 Å². The average molecular weight is 276 g/mol. The largest absolute Gasteiger partial charge is 0.489 e. The summed E-state index contributed by atoms with van der Waals surface area (Å²) in [5.74, 6) is 0.992. The van der Waals surface area contributed by atoms with Gasteiger partial charge in [-0.2, -0.15) is 0 Å². The molecule has 4 nitrogen and oxygen atoms in total. The van der Waals surface area contributed by atoms with Crippen LogP contribution in [0.15, 0.2) is 30.3 Å². The maximum Gasteiger partial charge on any atom is 0.229 e. The molecular weight excluding hydrogens is 252 g/mol. The van der Waals surface area contributed by atoms with Gasteiger partial charge in [0.2, 0.25) is 5.91 Å². The molecule has 1 aliphatic heterocycles. The lowest BCUT2D eigenvalue weighted by Gasteiger charge is -2.37. The van der Waals surface area contributed by atoms with Gasteiger partial charge in [0, 0.05) is 13.1 Å². The fourth-order valence-electron chi connectivity index (χ4n) is 2.43. The number of para-hydroxylation sites is 1. The summed E-state index contributed by atoms with van der Waals surface area (Å²) in [5.41, 5.74) is 5.20. The van der Waals surface area contributed by atoms with Gasteiger partial charge in [0.1, 0.15) is 11.9 Å². The van der Waals surface area contributed by atoms with Crippen LogP contribution in [0, 0.1) is 5.41 Å². The Labute approximate surface area is 120 Å². The van der Waals surface area contributed by atoms with E-state index in [1.807, 2.05) is 49.1 Å². The normalized spacial score (nSPS) is 19.8. The number of amides is 1. The Bertz CT molecular complexity index is 445. The summed E-state index contributed by atoms with van der Waals surface area (Å²) in [4.78, 5) is 14.3. The summed E-state index contributed by atoms with van der Waals surface area (Å²) in [6.45, 7) is 5.62. The van der Waals surface area contributed by atoms with Crippen molar-refractivity contribution < 1.29 is 9.53 Å². The fraction of sp³-hybridized carbons (Fsp3) is 0.562. The quantitative estimate of drug-likeness (QED) is 0.915. The lowest BCUT2D eigenvalue weighted by atomic mass is 9.90. The Kier molecular flexibility index (Phi) is 4.65. The number of carbonyl (C=O) groups is 1. The van der Waals surface area contributed by atoms with Crippen LogP contribution >= 0.6 is 0 Å². The van der Waals surface area contributed by atoms with Crippen molar-refractivity contribution in [3.05, 3.63) is 30.3 Å². The van der Waals surface area contributed by atoms with Crippen molar-refractivity contribution in [3.8, 4) is 5.75 Å². The van der Waals surface area contributed by atoms with Gasteiger partial charge in [0.05, 0.1) is 12.0 Å². The van der Waals surface area contributed by atoms with Crippen LogP contribution in [0.2, 0.25) is 0 Å². The number of piperidine rings is 1. The Balaban J connectivity index is 1.97. The van der Waals surface area contributed by atoms with E-state index in [9.17, 15) is 4.79 Å². The van der Waals surface area contributed by atoms with Crippen LogP contribution in [-0.4, -0.2) is 36.5 Å². The molecule has 0 aromatic heterocycles. The molecule has 0 aliphatic carbocycles. The zero-order valence-electron chi connectivity index (χ0n) is 12.3. The molecule has 1 heterocycles. The first-order valence-corrected chi connectivity index (χ1v) is 7.24. The summed E-state index contributed by atoms with van der Waals surface area (Å²) in [5, 5.41) is 0. The molecule has 0 bridgehead atoms. The fourth-order valence-corrected chi connectivity index (χ4v) is 2.43. The van der Waals surface area contributed by atoms with E-state index < -0.39 is 5.41 Å². The highest BCUT2D eigenvalue weighted by molar-refractivity contribution is 5.82. The number of ether oxygens (including phenoxy) is 1. The third-order valence-corrected chi connectivity index (χ3v) is 3.80. The number of rotatable bonds is 4. The van der Waals surface area contributed by atoms with Crippen molar-refractivity contribution in [3.63, 3.8) is 0 Å². The first-order valence-electron chi connectivity index (χ1n) is 7.24. The molecule has 2 rings (SSSR count). The van der Waals surface area contributed by atoms with Gasteiger partial charge >= 0.3 is 0 Å². The van der Waals surface area contributed by atoms with E-state index >= 15 is 0 Å². The van der Waals surface area contributed by atoms with Crippen LogP contribution < -0.4 is 10.5 Å². The Morgan fingerprint density at radius 1 is 1.40 bits per heavy atom. The Morgan fingerprint density at radius 3 is 2.75 bits per heavy atom. The highest BCUT2D eigenvalue weighted by atomic mass is 16.5. The number of carbonyl (C=O) groups excluding carboxylic acids is 1. The van der Waals surface area contributed by atoms with E-state index in [0.29, 0.717) is 13.1 Å². The number of benzene rings is 1. The maximum absolute atomic E-state index is 12.4. The highest BCUT2D eigenvalue weighted by Gasteiger charge is 2.33. The van der Waals surface area contributed by atoms with Gasteiger partial charge in [-0.15, -0.1) is 0 Å². The summed E-state index contributed by atoms with van der Waals surface area (Å²) in [6.07, 6.45) is 2.04. The standard InChI is InChI=1S/C16H24N2O2/c1-16(2,12-17)15(19)18-10-6-9-14(11-18)20-13-7-4-3-5-8-13/h3-5,7-8,14H,6,9-12,17H2,1-2H3. The molecule has 1 saturated heterocycles. The van der Waals surface area contributed by atoms with Crippen LogP contribution in [0.1, 0.15) is 26.7 Å². The average Bonchev–Trinajstić information content (AvgIpc) is 2.48. The number of hydrogen-bond donors (Lipinski definition) is 1. The SMILES string of the molecule is CC(C)(CN)C(=O)N1CCCC(Oc2ccccc2)C1. The molecule has 0 spiro atoms. The molecule has 1 amide bonds. The van der Waals surface area contributed by atoms with E-state index in [0.717, 1.165) is 25.1 Å². The molecule has 2 N–H and O–H groups in total. The zero-order valence-corrected chi connectivity index (χ0v) is 12.3. The first kappa shape index (κ1) is 14.9. The maximum atomic E-state index is 12.4. The molecule has 1 fully saturated rings. The second kappa shape index (κ2) is 6.27. The predicted octanol–water partition coefficient (Wildman–Crippen LogP) is 2.04. The van der Waals surface area contributed by atoms with Crippen molar-refractivity contribution in [2.24, 2.45) is 11.1 Å². The minimum atomic E-state index is -0.491. The van der Waals surface area contributed by atoms with Gasteiger partial charge in [0.25, 0.3) is 0 Å². The topological polar surface area (TPSA) is 55.6 Å². The first-order chi connectivity index (χ1) is 9.53. The summed E-state index contributed by atoms with van der Waals surface area (Å²) < 4.78 is 5.96. The predicted molar refractivity (Wildman–Crippen MR) is 79.5 cm³/mol. The van der Waals surface area contributed by atoms with Gasteiger partial charge in [-0.1, -0.05) is 18.2 Å². The van der Waals surface area contributed by atoms with Gasteiger partial charge < -0.3 is 15.4 Å². The zero-order chi connectivity index (χ0) is 14.6. The lowest BCUT2D eigenvalue weighted by molar-refractivity contribution is -0.142. The molecule has 1 atom stereocenters. The Hall–Kier alpha value is -1.55. The number of hydrogen-bond acceptors (Lipinski definition) is 3. The highest BCUT2D eigenvalue weighted by Crippen LogP contribution is 2.23. The minimum Gasteiger partial charge on any atom is -0.489 e. The van der Waals surface area contributed by atoms with Crippen molar-refractivity contribution in [1.82, 2.24) is 4.90 Å². The smallest absolute Gasteiger partial charge is 0.229 e. The van der Waals surface area contributed by atoms with Gasteiger partial charge in [0.15, 0.2) is 0 Å². The summed E-state index contributed by atoms with van der Waals surface area (Å²) >= 11 is 0. The van der Waals surface area contributed by atoms with Gasteiger partial charge in [-0.3, -0.25) is 4.79 Å². The summed E-state index contributed by atoms with van der Waals surface area (Å²) in [7, 11) is 0. The van der Waals surface area contributed by atoms with Gasteiger partial charge in [-0.25, -0.2) is 0 Å². The van der Waals surface area contributed by atoms with Crippen molar-refractivity contribution >= 4 is 5.91 Å². The number of nitrogens with zero attached hydrogens (tertiary/aromatic N) is 1. The van der Waals surface area contributed by atoms with Crippen molar-refractivity contribution in [2.45, 2.75) is 32.8 Å². The van der Waals surface area contributed by atoms with E-state index in [1.165, 1.54) is 0 Å². The third kappa shape index (κ3) is 3.51. The lowest BCUT2D eigenvalue weighted by Crippen LogP contribution is -2.50. The van der Waals surface area contributed by atoms with Crippen LogP contribution in [0.5, 0.6) is 5.75 Å². The Morgan fingerprint density at radius 2 is 2.10 bits per heavy atom. The van der Waals surface area contributed by atoms with Crippen LogP contribution in [-0.2, 0) is 4.79 Å². The molecule has 110 valence electrons. The molecule has 20 heavy (non-hydrogen) atoms. The van der Waals surface area contributed by atoms with Crippen LogP contribution in [0.4, 0.5) is 0 Å². The second-order valence-electron chi connectivity index (χ2n) is 6.03. The van der Waals surface area contributed by atoms with E-state index in [-0.39, 0.29) is 12.0 Å². The molecule has 1 aromatic rings.